The Kier molecular flexibility index (Phi) is 2.44. The lowest BCUT2D eigenvalue weighted by molar-refractivity contribution is 0.0741. The second-order valence-electron chi connectivity index (χ2n) is 4.79. The van der Waals surface area contributed by atoms with E-state index in [2.05, 4.69) is 15.0 Å². The van der Waals surface area contributed by atoms with E-state index in [0.29, 0.717) is 29.8 Å². The molecule has 3 N–H and O–H groups in total. The molecule has 1 saturated carbocycles. The number of anilines is 1. The highest BCUT2D eigenvalue weighted by atomic mass is 19.1. The van der Waals surface area contributed by atoms with Crippen LogP contribution in [0.25, 0.3) is 11.2 Å². The van der Waals surface area contributed by atoms with E-state index in [4.69, 9.17) is 10.8 Å². The number of hydrogen-bond acceptors (Lipinski definition) is 5. The third kappa shape index (κ3) is 1.62. The Morgan fingerprint density at radius 1 is 1.50 bits per heavy atom. The van der Waals surface area contributed by atoms with Gasteiger partial charge in [0.2, 0.25) is 0 Å². The molecule has 7 heteroatoms. The molecule has 6 nitrogen and oxygen atoms in total. The summed E-state index contributed by atoms with van der Waals surface area (Å²) < 4.78 is 15.8. The number of imidazole rings is 1. The lowest BCUT2D eigenvalue weighted by Gasteiger charge is -2.17. The summed E-state index contributed by atoms with van der Waals surface area (Å²) in [6, 6.07) is -0.0403. The molecule has 0 amide bonds. The van der Waals surface area contributed by atoms with Crippen LogP contribution < -0.4 is 5.73 Å². The second kappa shape index (κ2) is 3.88. The number of alkyl halides is 1. The number of nitrogens with two attached hydrogens (primary N) is 1. The van der Waals surface area contributed by atoms with Crippen molar-refractivity contribution in [3.8, 4) is 0 Å². The van der Waals surface area contributed by atoms with Gasteiger partial charge < -0.3 is 15.4 Å². The number of fused-ring (bicyclic) bond motifs is 1. The van der Waals surface area contributed by atoms with Gasteiger partial charge in [-0.05, 0) is 12.8 Å². The summed E-state index contributed by atoms with van der Waals surface area (Å²) in [5.41, 5.74) is 5.38. The monoisotopic (exact) mass is 251 g/mol. The van der Waals surface area contributed by atoms with Crippen LogP contribution in [-0.4, -0.2) is 36.9 Å². The van der Waals surface area contributed by atoms with E-state index in [1.807, 2.05) is 4.57 Å². The zero-order valence-corrected chi connectivity index (χ0v) is 9.75. The molecule has 96 valence electrons. The second-order valence-corrected chi connectivity index (χ2v) is 4.79. The Hall–Kier alpha value is -1.76. The lowest BCUT2D eigenvalue weighted by Crippen LogP contribution is -2.24. The number of rotatable bonds is 2. The molecule has 0 spiro atoms. The Bertz CT molecular complexity index is 586. The number of nitrogen functional groups attached to an aromatic ring is 1. The summed E-state index contributed by atoms with van der Waals surface area (Å²) in [5, 5.41) is 9.05. The molecule has 0 radical (unpaired) electrons. The summed E-state index contributed by atoms with van der Waals surface area (Å²) in [7, 11) is 0. The number of nitrogens with zero attached hydrogens (tertiary/aromatic N) is 4. The molecule has 2 heterocycles. The summed E-state index contributed by atoms with van der Waals surface area (Å²) in [6.07, 6.45) is 4.28. The van der Waals surface area contributed by atoms with Gasteiger partial charge in [-0.2, -0.15) is 0 Å². The molecule has 0 saturated heterocycles. The van der Waals surface area contributed by atoms with Gasteiger partial charge >= 0.3 is 0 Å². The lowest BCUT2D eigenvalue weighted by atomic mass is 10.1. The molecule has 3 rings (SSSR count). The minimum absolute atomic E-state index is 0.0403. The molecule has 1 fully saturated rings. The van der Waals surface area contributed by atoms with Gasteiger partial charge in [-0.3, -0.25) is 0 Å². The molecular formula is C11H14FN5O. The SMILES string of the molecule is Nc1ncnc2c1ncn2[C@H]1CC[C@@](F)(CO)C1. The Labute approximate surface area is 103 Å². The Morgan fingerprint density at radius 3 is 3.06 bits per heavy atom. The number of aliphatic hydroxyl groups is 1. The van der Waals surface area contributed by atoms with Gasteiger partial charge in [0, 0.05) is 12.5 Å². The van der Waals surface area contributed by atoms with Crippen LogP contribution in [0.15, 0.2) is 12.7 Å². The fourth-order valence-electron chi connectivity index (χ4n) is 2.57. The molecule has 1 aliphatic carbocycles. The maximum atomic E-state index is 14.0. The van der Waals surface area contributed by atoms with Gasteiger partial charge in [0.15, 0.2) is 11.5 Å². The fourth-order valence-corrected chi connectivity index (χ4v) is 2.57. The molecule has 0 aromatic carbocycles. The normalized spacial score (nSPS) is 28.0. The molecule has 18 heavy (non-hydrogen) atoms. The molecular weight excluding hydrogens is 237 g/mol. The van der Waals surface area contributed by atoms with Crippen molar-refractivity contribution in [3.05, 3.63) is 12.7 Å². The van der Waals surface area contributed by atoms with Crippen molar-refractivity contribution in [2.24, 2.45) is 0 Å². The standard InChI is InChI=1S/C11H14FN5O/c12-11(4-18)2-1-7(3-11)17-6-16-8-9(13)14-5-15-10(8)17/h5-7,18H,1-4H2,(H2,13,14,15)/t7-,11-/m0/s1. The van der Waals surface area contributed by atoms with Crippen molar-refractivity contribution in [2.45, 2.75) is 31.0 Å². The van der Waals surface area contributed by atoms with Crippen LogP contribution in [0.1, 0.15) is 25.3 Å². The van der Waals surface area contributed by atoms with E-state index in [9.17, 15) is 4.39 Å². The van der Waals surface area contributed by atoms with E-state index >= 15 is 0 Å². The van der Waals surface area contributed by atoms with Crippen LogP contribution in [0.5, 0.6) is 0 Å². The zero-order chi connectivity index (χ0) is 12.8. The predicted octanol–water partition coefficient (Wildman–Crippen LogP) is 0.834. The van der Waals surface area contributed by atoms with Gasteiger partial charge in [-0.25, -0.2) is 19.3 Å². The largest absolute Gasteiger partial charge is 0.393 e. The molecule has 2 aromatic heterocycles. The average Bonchev–Trinajstić information content (AvgIpc) is 2.94. The van der Waals surface area contributed by atoms with Crippen molar-refractivity contribution in [2.75, 3.05) is 12.3 Å². The molecule has 1 aliphatic rings. The number of halogens is 1. The summed E-state index contributed by atoms with van der Waals surface area (Å²) in [6.45, 7) is -0.437. The first kappa shape index (κ1) is 11.3. The van der Waals surface area contributed by atoms with Gasteiger partial charge in [-0.15, -0.1) is 0 Å². The smallest absolute Gasteiger partial charge is 0.165 e. The Balaban J connectivity index is 1.99. The summed E-state index contributed by atoms with van der Waals surface area (Å²) in [4.78, 5) is 12.2. The maximum Gasteiger partial charge on any atom is 0.165 e. The summed E-state index contributed by atoms with van der Waals surface area (Å²) >= 11 is 0. The third-order valence-electron chi connectivity index (χ3n) is 3.59. The first-order valence-corrected chi connectivity index (χ1v) is 5.86. The minimum Gasteiger partial charge on any atom is -0.393 e. The van der Waals surface area contributed by atoms with Crippen LogP contribution in [0, 0.1) is 0 Å². The number of hydrogen-bond donors (Lipinski definition) is 2. The van der Waals surface area contributed by atoms with E-state index in [1.165, 1.54) is 6.33 Å². The first-order chi connectivity index (χ1) is 8.63. The molecule has 0 aliphatic heterocycles. The first-order valence-electron chi connectivity index (χ1n) is 5.86. The van der Waals surface area contributed by atoms with Crippen molar-refractivity contribution >= 4 is 17.0 Å². The molecule has 0 unspecified atom stereocenters. The van der Waals surface area contributed by atoms with E-state index in [1.54, 1.807) is 6.33 Å². The van der Waals surface area contributed by atoms with E-state index in [-0.39, 0.29) is 12.5 Å². The zero-order valence-electron chi connectivity index (χ0n) is 9.75. The average molecular weight is 251 g/mol. The van der Waals surface area contributed by atoms with Crippen LogP contribution in [-0.2, 0) is 0 Å². The van der Waals surface area contributed by atoms with Gasteiger partial charge in [0.25, 0.3) is 0 Å². The quantitative estimate of drug-likeness (QED) is 0.825. The van der Waals surface area contributed by atoms with E-state index < -0.39 is 12.3 Å². The maximum absolute atomic E-state index is 14.0. The van der Waals surface area contributed by atoms with E-state index in [0.717, 1.165) is 0 Å². The minimum atomic E-state index is -1.49. The van der Waals surface area contributed by atoms with Gasteiger partial charge in [-0.1, -0.05) is 0 Å². The van der Waals surface area contributed by atoms with Crippen molar-refractivity contribution in [3.63, 3.8) is 0 Å². The third-order valence-corrected chi connectivity index (χ3v) is 3.59. The van der Waals surface area contributed by atoms with Crippen LogP contribution in [0.2, 0.25) is 0 Å². The predicted molar refractivity (Wildman–Crippen MR) is 63.5 cm³/mol. The van der Waals surface area contributed by atoms with Crippen molar-refractivity contribution in [1.29, 1.82) is 0 Å². The molecule has 2 atom stereocenters. The number of aliphatic hydroxyl groups excluding tert-OH is 1. The van der Waals surface area contributed by atoms with Crippen molar-refractivity contribution < 1.29 is 9.50 Å². The summed E-state index contributed by atoms with van der Waals surface area (Å²) in [5.74, 6) is 0.324. The molecule has 0 bridgehead atoms. The van der Waals surface area contributed by atoms with Crippen LogP contribution in [0.3, 0.4) is 0 Å². The Morgan fingerprint density at radius 2 is 2.33 bits per heavy atom. The fraction of sp³-hybridized carbons (Fsp3) is 0.545. The van der Waals surface area contributed by atoms with Gasteiger partial charge in [0.1, 0.15) is 17.5 Å². The molecule has 2 aromatic rings. The topological polar surface area (TPSA) is 89.9 Å². The highest BCUT2D eigenvalue weighted by Gasteiger charge is 2.40. The highest BCUT2D eigenvalue weighted by Crippen LogP contribution is 2.41. The van der Waals surface area contributed by atoms with Gasteiger partial charge in [0.05, 0.1) is 12.9 Å². The number of aromatic nitrogens is 4. The van der Waals surface area contributed by atoms with Crippen LogP contribution >= 0.6 is 0 Å². The van der Waals surface area contributed by atoms with Crippen LogP contribution in [0.4, 0.5) is 10.2 Å². The van der Waals surface area contributed by atoms with Crippen molar-refractivity contribution in [1.82, 2.24) is 19.5 Å². The highest BCUT2D eigenvalue weighted by molar-refractivity contribution is 5.81.